The summed E-state index contributed by atoms with van der Waals surface area (Å²) in [5.41, 5.74) is 2.90. The van der Waals surface area contributed by atoms with Gasteiger partial charge in [0.2, 0.25) is 0 Å². The highest BCUT2D eigenvalue weighted by molar-refractivity contribution is 5.95. The zero-order valence-corrected chi connectivity index (χ0v) is 24.2. The molecule has 0 aliphatic carbocycles. The highest BCUT2D eigenvalue weighted by Gasteiger charge is 2.17. The molecule has 1 amide bonds. The molecule has 6 nitrogen and oxygen atoms in total. The van der Waals surface area contributed by atoms with E-state index in [1.165, 1.54) is 12.1 Å². The van der Waals surface area contributed by atoms with E-state index < -0.39 is 11.6 Å². The normalized spacial score (nSPS) is 13.1. The third kappa shape index (κ3) is 8.94. The molecule has 0 aliphatic heterocycles. The molecule has 3 N–H and O–H groups in total. The van der Waals surface area contributed by atoms with Gasteiger partial charge in [0.05, 0.1) is 11.4 Å². The lowest BCUT2D eigenvalue weighted by molar-refractivity contribution is 0.0932. The van der Waals surface area contributed by atoms with Crippen molar-refractivity contribution >= 4 is 28.6 Å². The zero-order valence-electron chi connectivity index (χ0n) is 24.2. The van der Waals surface area contributed by atoms with E-state index in [2.05, 4.69) is 34.8 Å². The van der Waals surface area contributed by atoms with Crippen LogP contribution in [0.3, 0.4) is 0 Å². The predicted octanol–water partition coefficient (Wildman–Crippen LogP) is 7.43. The van der Waals surface area contributed by atoms with E-state index in [1.807, 2.05) is 62.3 Å². The molecule has 0 heterocycles. The Morgan fingerprint density at radius 2 is 1.67 bits per heavy atom. The van der Waals surface area contributed by atoms with E-state index >= 15 is 0 Å². The van der Waals surface area contributed by atoms with Crippen molar-refractivity contribution in [1.29, 1.82) is 0 Å². The summed E-state index contributed by atoms with van der Waals surface area (Å²) in [7, 11) is 3.46. The second kappa shape index (κ2) is 15.7. The molecular weight excluding hydrogens is 496 g/mol. The Morgan fingerprint density at radius 3 is 2.23 bits per heavy atom. The van der Waals surface area contributed by atoms with Crippen LogP contribution >= 0.6 is 0 Å². The first-order chi connectivity index (χ1) is 18.7. The Labute approximate surface area is 232 Å². The summed E-state index contributed by atoms with van der Waals surface area (Å²) in [5.74, 6) is -1.90. The molecule has 0 fully saturated rings. The lowest BCUT2D eigenvalue weighted by atomic mass is 10.1. The highest BCUT2D eigenvalue weighted by Crippen LogP contribution is 2.25. The van der Waals surface area contributed by atoms with Gasteiger partial charge < -0.3 is 20.9 Å². The number of halogens is 2. The molecule has 212 valence electrons. The Hall–Kier alpha value is -3.68. The smallest absolute Gasteiger partial charge is 0.251 e. The van der Waals surface area contributed by atoms with Crippen LogP contribution in [-0.4, -0.2) is 42.8 Å². The number of hydrogen-bond acceptors (Lipinski definition) is 5. The molecule has 0 aromatic heterocycles. The molecule has 0 saturated heterocycles. The number of nitrogens with zero attached hydrogens (tertiary/aromatic N) is 2. The van der Waals surface area contributed by atoms with Crippen LogP contribution in [0.1, 0.15) is 76.2 Å². The van der Waals surface area contributed by atoms with Gasteiger partial charge in [-0.2, -0.15) is 0 Å². The van der Waals surface area contributed by atoms with Crippen LogP contribution < -0.4 is 16.0 Å². The van der Waals surface area contributed by atoms with Crippen molar-refractivity contribution in [3.05, 3.63) is 77.6 Å². The van der Waals surface area contributed by atoms with Crippen LogP contribution in [0, 0.1) is 11.6 Å². The number of carbonyl (C=O) groups is 1. The molecule has 0 saturated carbocycles. The average molecular weight is 540 g/mol. The number of anilines is 2. The van der Waals surface area contributed by atoms with Gasteiger partial charge >= 0.3 is 0 Å². The van der Waals surface area contributed by atoms with Gasteiger partial charge in [-0.1, -0.05) is 32.8 Å². The first kappa shape index (κ1) is 31.5. The third-order valence-corrected chi connectivity index (χ3v) is 6.49. The van der Waals surface area contributed by atoms with Gasteiger partial charge in [0.1, 0.15) is 6.17 Å². The summed E-state index contributed by atoms with van der Waals surface area (Å²) in [5, 5.41) is 9.24. The number of benzene rings is 2. The molecule has 2 aromatic rings. The molecule has 0 bridgehead atoms. The largest absolute Gasteiger partial charge is 0.386 e. The van der Waals surface area contributed by atoms with Gasteiger partial charge in [0.15, 0.2) is 11.6 Å². The van der Waals surface area contributed by atoms with Crippen LogP contribution in [0.2, 0.25) is 0 Å². The fourth-order valence-corrected chi connectivity index (χ4v) is 4.34. The van der Waals surface area contributed by atoms with Gasteiger partial charge in [-0.25, -0.2) is 8.78 Å². The van der Waals surface area contributed by atoms with E-state index in [-0.39, 0.29) is 29.4 Å². The molecule has 0 radical (unpaired) electrons. The minimum atomic E-state index is -0.917. The summed E-state index contributed by atoms with van der Waals surface area (Å²) in [4.78, 5) is 19.3. The third-order valence-electron chi connectivity index (χ3n) is 6.49. The molecule has 0 spiro atoms. The number of nitrogens with one attached hydrogen (secondary N) is 3. The lowest BCUT2D eigenvalue weighted by Gasteiger charge is -2.28. The van der Waals surface area contributed by atoms with Crippen LogP contribution in [0.25, 0.3) is 5.57 Å². The molecule has 2 rings (SSSR count). The average Bonchev–Trinajstić information content (AvgIpc) is 2.92. The maximum atomic E-state index is 14.6. The van der Waals surface area contributed by atoms with Crippen molar-refractivity contribution in [2.45, 2.75) is 72.5 Å². The van der Waals surface area contributed by atoms with Crippen molar-refractivity contribution in [1.82, 2.24) is 10.2 Å². The summed E-state index contributed by atoms with van der Waals surface area (Å²) < 4.78 is 28.8. The van der Waals surface area contributed by atoms with E-state index in [0.29, 0.717) is 16.8 Å². The molecule has 0 aliphatic rings. The highest BCUT2D eigenvalue weighted by atomic mass is 19.2. The first-order valence-corrected chi connectivity index (χ1v) is 13.6. The maximum Gasteiger partial charge on any atom is 0.251 e. The second-order valence-corrected chi connectivity index (χ2v) is 9.64. The molecule has 2 aromatic carbocycles. The van der Waals surface area contributed by atoms with Crippen LogP contribution in [0.5, 0.6) is 0 Å². The van der Waals surface area contributed by atoms with Gasteiger partial charge in [-0.05, 0) is 81.8 Å². The van der Waals surface area contributed by atoms with Gasteiger partial charge in [-0.3, -0.25) is 9.79 Å². The number of rotatable bonds is 14. The van der Waals surface area contributed by atoms with Crippen molar-refractivity contribution in [2.75, 3.05) is 24.7 Å². The second-order valence-electron chi connectivity index (χ2n) is 9.64. The van der Waals surface area contributed by atoms with E-state index in [9.17, 15) is 13.6 Å². The monoisotopic (exact) mass is 539 g/mol. The summed E-state index contributed by atoms with van der Waals surface area (Å²) >= 11 is 0. The van der Waals surface area contributed by atoms with Gasteiger partial charge in [0, 0.05) is 43.2 Å². The molecule has 1 unspecified atom stereocenters. The molecule has 1 atom stereocenters. The number of hydrogen-bond donors (Lipinski definition) is 3. The van der Waals surface area contributed by atoms with Crippen molar-refractivity contribution in [2.24, 2.45) is 4.99 Å². The summed E-state index contributed by atoms with van der Waals surface area (Å²) in [6.07, 6.45) is 9.04. The molecule has 39 heavy (non-hydrogen) atoms. The van der Waals surface area contributed by atoms with Crippen molar-refractivity contribution < 1.29 is 13.6 Å². The summed E-state index contributed by atoms with van der Waals surface area (Å²) in [6, 6.07) is 10.6. The fraction of sp³-hybridized carbons (Fsp3) is 0.419. The predicted molar refractivity (Wildman–Crippen MR) is 160 cm³/mol. The number of allylic oxidation sites excluding steroid dienone is 2. The van der Waals surface area contributed by atoms with Gasteiger partial charge in [0.25, 0.3) is 5.91 Å². The van der Waals surface area contributed by atoms with Gasteiger partial charge in [-0.15, -0.1) is 0 Å². The zero-order chi connectivity index (χ0) is 28.9. The van der Waals surface area contributed by atoms with Crippen LogP contribution in [0.15, 0.2) is 59.9 Å². The maximum absolute atomic E-state index is 14.6. The van der Waals surface area contributed by atoms with Crippen LogP contribution in [0.4, 0.5) is 20.2 Å². The van der Waals surface area contributed by atoms with Crippen molar-refractivity contribution in [3.8, 4) is 0 Å². The fourth-order valence-electron chi connectivity index (χ4n) is 4.34. The van der Waals surface area contributed by atoms with E-state index in [4.69, 9.17) is 0 Å². The number of carbonyl (C=O) groups excluding carboxylic acids is 1. The number of amides is 1. The Balaban J connectivity index is 2.24. The van der Waals surface area contributed by atoms with E-state index in [0.717, 1.165) is 31.4 Å². The topological polar surface area (TPSA) is 68.8 Å². The minimum Gasteiger partial charge on any atom is -0.386 e. The SMILES string of the molecule is C/C=C\N(C)C(Nc1ccc(C(=O)NC(CCC)CCC)cc1)C(C)=N/C=C(\C)c1ccc(NC)c(F)c1F. The van der Waals surface area contributed by atoms with Crippen molar-refractivity contribution in [3.63, 3.8) is 0 Å². The number of aliphatic imine (C=N–C) groups is 1. The minimum absolute atomic E-state index is 0.0687. The Morgan fingerprint density at radius 1 is 1.03 bits per heavy atom. The lowest BCUT2D eigenvalue weighted by Crippen LogP contribution is -2.40. The molecular formula is C31H43F2N5O. The standard InChI is InChI=1S/C31H43F2N5O/c1-8-11-24(12-9-2)37-31(39)23-13-15-25(16-14-23)36-30(38(7)19-10-3)22(5)35-20-21(4)26-17-18-27(34-6)29(33)28(26)32/h10,13-20,24,30,34,36H,8-9,11-12H2,1-7H3,(H,37,39)/b19-10-,21-20+,35-22?. The van der Waals surface area contributed by atoms with E-state index in [1.54, 1.807) is 20.2 Å². The quantitative estimate of drug-likeness (QED) is 0.172. The van der Waals surface area contributed by atoms with Crippen LogP contribution in [-0.2, 0) is 0 Å². The summed E-state index contributed by atoms with van der Waals surface area (Å²) in [6.45, 7) is 9.73. The molecule has 8 heteroatoms. The Kier molecular flexibility index (Phi) is 12.7. The Bertz CT molecular complexity index is 1170. The first-order valence-electron chi connectivity index (χ1n) is 13.6.